The molecule has 1 saturated carbocycles. The van der Waals surface area contributed by atoms with Crippen molar-refractivity contribution in [2.45, 2.75) is 106 Å². The van der Waals surface area contributed by atoms with Crippen molar-refractivity contribution in [3.05, 3.63) is 11.6 Å². The molecule has 0 spiro atoms. The zero-order valence-corrected chi connectivity index (χ0v) is 17.0. The zero-order valence-electron chi connectivity index (χ0n) is 17.0. The van der Waals surface area contributed by atoms with Crippen molar-refractivity contribution < 1.29 is 0 Å². The summed E-state index contributed by atoms with van der Waals surface area (Å²) < 4.78 is 0. The first kappa shape index (κ1) is 20.8. The molecular formula is C23H44. The van der Waals surface area contributed by atoms with Gasteiger partial charge < -0.3 is 0 Å². The van der Waals surface area contributed by atoms with Gasteiger partial charge in [0.05, 0.1) is 0 Å². The van der Waals surface area contributed by atoms with Gasteiger partial charge >= 0.3 is 0 Å². The van der Waals surface area contributed by atoms with Crippen LogP contribution in [0.5, 0.6) is 0 Å². The van der Waals surface area contributed by atoms with E-state index in [0.29, 0.717) is 0 Å². The Hall–Kier alpha value is -0.260. The summed E-state index contributed by atoms with van der Waals surface area (Å²) >= 11 is 0. The van der Waals surface area contributed by atoms with E-state index in [1.165, 1.54) is 64.2 Å². The Labute approximate surface area is 147 Å². The zero-order chi connectivity index (χ0) is 17.2. The highest BCUT2D eigenvalue weighted by Gasteiger charge is 2.30. The van der Waals surface area contributed by atoms with Gasteiger partial charge in [-0.2, -0.15) is 0 Å². The molecule has 0 aromatic rings. The lowest BCUT2D eigenvalue weighted by Crippen LogP contribution is -2.26. The van der Waals surface area contributed by atoms with Crippen LogP contribution in [0.25, 0.3) is 0 Å². The summed E-state index contributed by atoms with van der Waals surface area (Å²) in [6.45, 7) is 14.2. The molecular weight excluding hydrogens is 276 g/mol. The molecule has 1 fully saturated rings. The van der Waals surface area contributed by atoms with Gasteiger partial charge in [-0.15, -0.1) is 0 Å². The second-order valence-electron chi connectivity index (χ2n) is 8.81. The van der Waals surface area contributed by atoms with Gasteiger partial charge in [0.1, 0.15) is 0 Å². The normalized spacial score (nSPS) is 25.6. The van der Waals surface area contributed by atoms with Crippen LogP contribution in [0.3, 0.4) is 0 Å². The Bertz CT molecular complexity index is 325. The SMILES string of the molecule is CCC(C)C=C1C(C)CC1CCCCCCCCC(C)C(C)C. The average Bonchev–Trinajstić information content (AvgIpc) is 2.53. The maximum atomic E-state index is 2.59. The van der Waals surface area contributed by atoms with Crippen LogP contribution in [0, 0.1) is 29.6 Å². The summed E-state index contributed by atoms with van der Waals surface area (Å²) in [6, 6.07) is 0. The largest absolute Gasteiger partial charge is 0.0819 e. The molecule has 1 aliphatic carbocycles. The summed E-state index contributed by atoms with van der Waals surface area (Å²) in [7, 11) is 0. The minimum atomic E-state index is 0.781. The van der Waals surface area contributed by atoms with E-state index < -0.39 is 0 Å². The molecule has 1 rings (SSSR count). The van der Waals surface area contributed by atoms with Crippen molar-refractivity contribution in [2.24, 2.45) is 29.6 Å². The van der Waals surface area contributed by atoms with Crippen molar-refractivity contribution >= 4 is 0 Å². The Morgan fingerprint density at radius 1 is 0.957 bits per heavy atom. The molecule has 1 aliphatic rings. The monoisotopic (exact) mass is 320 g/mol. The molecule has 0 heterocycles. The van der Waals surface area contributed by atoms with Crippen LogP contribution in [0.1, 0.15) is 106 Å². The molecule has 23 heavy (non-hydrogen) atoms. The van der Waals surface area contributed by atoms with E-state index in [1.54, 1.807) is 5.57 Å². The van der Waals surface area contributed by atoms with E-state index in [1.807, 2.05) is 0 Å². The van der Waals surface area contributed by atoms with Crippen LogP contribution in [-0.4, -0.2) is 0 Å². The molecule has 0 nitrogen and oxygen atoms in total. The predicted octanol–water partition coefficient (Wildman–Crippen LogP) is 8.03. The van der Waals surface area contributed by atoms with E-state index in [2.05, 4.69) is 47.6 Å². The van der Waals surface area contributed by atoms with Crippen molar-refractivity contribution in [2.75, 3.05) is 0 Å². The predicted molar refractivity (Wildman–Crippen MR) is 106 cm³/mol. The third-order valence-corrected chi connectivity index (χ3v) is 6.40. The maximum absolute atomic E-state index is 2.59. The van der Waals surface area contributed by atoms with Gasteiger partial charge in [0.2, 0.25) is 0 Å². The Balaban J connectivity index is 2.02. The Morgan fingerprint density at radius 2 is 1.57 bits per heavy atom. The van der Waals surface area contributed by atoms with Crippen molar-refractivity contribution in [1.82, 2.24) is 0 Å². The fourth-order valence-corrected chi connectivity index (χ4v) is 3.87. The molecule has 0 aliphatic heterocycles. The molecule has 0 radical (unpaired) electrons. The number of rotatable bonds is 12. The molecule has 0 aromatic heterocycles. The Kier molecular flexibility index (Phi) is 10.2. The molecule has 0 saturated heterocycles. The van der Waals surface area contributed by atoms with Crippen LogP contribution in [0.4, 0.5) is 0 Å². The van der Waals surface area contributed by atoms with E-state index in [4.69, 9.17) is 0 Å². The van der Waals surface area contributed by atoms with E-state index in [9.17, 15) is 0 Å². The summed E-state index contributed by atoms with van der Waals surface area (Å²) in [4.78, 5) is 0. The number of unbranched alkanes of at least 4 members (excludes halogenated alkanes) is 5. The molecule has 136 valence electrons. The van der Waals surface area contributed by atoms with Crippen molar-refractivity contribution in [3.63, 3.8) is 0 Å². The van der Waals surface area contributed by atoms with Crippen molar-refractivity contribution in [3.8, 4) is 0 Å². The lowest BCUT2D eigenvalue weighted by atomic mass is 9.67. The topological polar surface area (TPSA) is 0 Å². The molecule has 0 N–H and O–H groups in total. The smallest absolute Gasteiger partial charge is 0.0195 e. The summed E-state index contributed by atoms with van der Waals surface area (Å²) in [5, 5.41) is 0. The molecule has 4 atom stereocenters. The average molecular weight is 321 g/mol. The fourth-order valence-electron chi connectivity index (χ4n) is 3.87. The summed E-state index contributed by atoms with van der Waals surface area (Å²) in [6.07, 6.45) is 17.0. The van der Waals surface area contributed by atoms with Crippen LogP contribution in [0.15, 0.2) is 11.6 Å². The lowest BCUT2D eigenvalue weighted by molar-refractivity contribution is 0.304. The van der Waals surface area contributed by atoms with E-state index >= 15 is 0 Å². The van der Waals surface area contributed by atoms with Crippen molar-refractivity contribution in [1.29, 1.82) is 0 Å². The summed E-state index contributed by atoms with van der Waals surface area (Å²) in [5.41, 5.74) is 1.79. The van der Waals surface area contributed by atoms with Gasteiger partial charge in [0.25, 0.3) is 0 Å². The molecule has 0 bridgehead atoms. The molecule has 0 aromatic carbocycles. The number of hydrogen-bond acceptors (Lipinski definition) is 0. The first-order valence-corrected chi connectivity index (χ1v) is 10.7. The minimum Gasteiger partial charge on any atom is -0.0819 e. The van der Waals surface area contributed by atoms with Crippen LogP contribution in [0.2, 0.25) is 0 Å². The van der Waals surface area contributed by atoms with Gasteiger partial charge in [0.15, 0.2) is 0 Å². The van der Waals surface area contributed by atoms with Gasteiger partial charge in [-0.05, 0) is 42.4 Å². The highest BCUT2D eigenvalue weighted by Crippen LogP contribution is 2.43. The van der Waals surface area contributed by atoms with E-state index in [0.717, 1.165) is 29.6 Å². The fraction of sp³-hybridized carbons (Fsp3) is 0.913. The van der Waals surface area contributed by atoms with Gasteiger partial charge in [-0.1, -0.05) is 105 Å². The highest BCUT2D eigenvalue weighted by molar-refractivity contribution is 5.20. The number of allylic oxidation sites excluding steroid dienone is 2. The quantitative estimate of drug-likeness (QED) is 0.252. The first-order chi connectivity index (χ1) is 11.0. The molecule has 0 amide bonds. The third kappa shape index (κ3) is 7.90. The van der Waals surface area contributed by atoms with Gasteiger partial charge in [0, 0.05) is 0 Å². The first-order valence-electron chi connectivity index (χ1n) is 10.7. The van der Waals surface area contributed by atoms with Gasteiger partial charge in [-0.25, -0.2) is 0 Å². The standard InChI is InChI=1S/C23H44/c1-7-19(4)16-23-21(6)17-22(23)15-13-11-9-8-10-12-14-20(5)18(2)3/h16,18-22H,7-15,17H2,1-6H3. The minimum absolute atomic E-state index is 0.781. The molecule has 0 heteroatoms. The maximum Gasteiger partial charge on any atom is -0.0195 e. The van der Waals surface area contributed by atoms with Crippen LogP contribution < -0.4 is 0 Å². The second-order valence-corrected chi connectivity index (χ2v) is 8.81. The van der Waals surface area contributed by atoms with E-state index in [-0.39, 0.29) is 0 Å². The second kappa shape index (κ2) is 11.3. The van der Waals surface area contributed by atoms with Crippen LogP contribution in [-0.2, 0) is 0 Å². The lowest BCUT2D eigenvalue weighted by Gasteiger charge is -2.38. The molecule has 4 unspecified atom stereocenters. The number of hydrogen-bond donors (Lipinski definition) is 0. The van der Waals surface area contributed by atoms with Crippen LogP contribution >= 0.6 is 0 Å². The van der Waals surface area contributed by atoms with Gasteiger partial charge in [-0.3, -0.25) is 0 Å². The third-order valence-electron chi connectivity index (χ3n) is 6.40. The Morgan fingerprint density at radius 3 is 2.13 bits per heavy atom. The summed E-state index contributed by atoms with van der Waals surface area (Å²) in [5.74, 6) is 4.36. The highest BCUT2D eigenvalue weighted by atomic mass is 14.4.